The summed E-state index contributed by atoms with van der Waals surface area (Å²) in [5, 5.41) is 0. The van der Waals surface area contributed by atoms with Crippen LogP contribution in [0, 0.1) is 0 Å². The number of anilines is 1. The first kappa shape index (κ1) is 21.1. The number of alkyl halides is 3. The summed E-state index contributed by atoms with van der Waals surface area (Å²) in [5.74, 6) is 0.940. The van der Waals surface area contributed by atoms with Crippen molar-refractivity contribution in [2.45, 2.75) is 12.6 Å². The van der Waals surface area contributed by atoms with E-state index in [1.807, 2.05) is 6.07 Å². The quantitative estimate of drug-likeness (QED) is 0.684. The first-order chi connectivity index (χ1) is 14.0. The van der Waals surface area contributed by atoms with E-state index in [1.54, 1.807) is 23.1 Å². The number of halogens is 3. The summed E-state index contributed by atoms with van der Waals surface area (Å²) in [6.07, 6.45) is -4.16. The minimum atomic E-state index is -4.53. The Labute approximate surface area is 167 Å². The van der Waals surface area contributed by atoms with E-state index >= 15 is 0 Å². The molecule has 1 heterocycles. The molecule has 1 aliphatic rings. The Hall–Kier alpha value is -2.61. The molecule has 0 spiro atoms. The summed E-state index contributed by atoms with van der Waals surface area (Å²) in [5.41, 5.74) is 0.168. The smallest absolute Gasteiger partial charge is 0.421 e. The van der Waals surface area contributed by atoms with E-state index < -0.39 is 11.7 Å². The highest BCUT2D eigenvalue weighted by Crippen LogP contribution is 2.43. The van der Waals surface area contributed by atoms with E-state index in [1.165, 1.54) is 26.4 Å². The number of hydrogen-bond donors (Lipinski definition) is 0. The molecule has 0 N–H and O–H groups in total. The molecule has 3 rings (SSSR count). The number of para-hydroxylation sites is 1. The average Bonchev–Trinajstić information content (AvgIpc) is 2.73. The molecule has 0 unspecified atom stereocenters. The van der Waals surface area contributed by atoms with Gasteiger partial charge in [-0.3, -0.25) is 0 Å². The van der Waals surface area contributed by atoms with Gasteiger partial charge in [0.25, 0.3) is 0 Å². The number of hydrogen-bond acceptors (Lipinski definition) is 5. The maximum absolute atomic E-state index is 13.9. The van der Waals surface area contributed by atoms with Crippen molar-refractivity contribution in [2.24, 2.45) is 0 Å². The maximum atomic E-state index is 13.9. The summed E-state index contributed by atoms with van der Waals surface area (Å²) in [4.78, 5) is 1.68. The minimum absolute atomic E-state index is 0.0686. The third kappa shape index (κ3) is 4.87. The molecule has 0 bridgehead atoms. The standard InChI is InChI=1S/C21H24F3NO4/c1-26-18-8-3-5-15(20(18)27-2)9-12-29-17-7-4-6-16(19(17)21(22,23)24)25-10-13-28-14-11-25/h3-8H,9-14H2,1-2H3. The van der Waals surface area contributed by atoms with Gasteiger partial charge in [0, 0.05) is 25.1 Å². The molecular weight excluding hydrogens is 387 g/mol. The van der Waals surface area contributed by atoms with E-state index in [-0.39, 0.29) is 18.0 Å². The highest BCUT2D eigenvalue weighted by molar-refractivity contribution is 5.61. The van der Waals surface area contributed by atoms with Crippen molar-refractivity contribution >= 4 is 5.69 Å². The van der Waals surface area contributed by atoms with Crippen LogP contribution in [0.4, 0.5) is 18.9 Å². The number of rotatable bonds is 7. The largest absolute Gasteiger partial charge is 0.493 e. The van der Waals surface area contributed by atoms with E-state index in [2.05, 4.69) is 0 Å². The van der Waals surface area contributed by atoms with Crippen LogP contribution in [-0.2, 0) is 17.3 Å². The van der Waals surface area contributed by atoms with Crippen molar-refractivity contribution in [3.8, 4) is 17.2 Å². The minimum Gasteiger partial charge on any atom is -0.493 e. The first-order valence-corrected chi connectivity index (χ1v) is 9.31. The van der Waals surface area contributed by atoms with Gasteiger partial charge >= 0.3 is 6.18 Å². The Bertz CT molecular complexity index is 820. The zero-order valence-corrected chi connectivity index (χ0v) is 16.4. The van der Waals surface area contributed by atoms with Crippen LogP contribution < -0.4 is 19.1 Å². The fourth-order valence-electron chi connectivity index (χ4n) is 3.41. The molecule has 0 atom stereocenters. The highest BCUT2D eigenvalue weighted by atomic mass is 19.4. The number of ether oxygens (including phenoxy) is 4. The lowest BCUT2D eigenvalue weighted by Gasteiger charge is -2.31. The van der Waals surface area contributed by atoms with Crippen molar-refractivity contribution < 1.29 is 32.1 Å². The first-order valence-electron chi connectivity index (χ1n) is 9.31. The summed E-state index contributed by atoms with van der Waals surface area (Å²) >= 11 is 0. The fourth-order valence-corrected chi connectivity index (χ4v) is 3.41. The van der Waals surface area contributed by atoms with Crippen molar-refractivity contribution in [1.29, 1.82) is 0 Å². The van der Waals surface area contributed by atoms with E-state index in [0.717, 1.165) is 5.56 Å². The number of morpholine rings is 1. The van der Waals surface area contributed by atoms with Crippen LogP contribution >= 0.6 is 0 Å². The van der Waals surface area contributed by atoms with Crippen LogP contribution in [0.15, 0.2) is 36.4 Å². The molecule has 29 heavy (non-hydrogen) atoms. The summed E-state index contributed by atoms with van der Waals surface area (Å²) in [6.45, 7) is 1.69. The Morgan fingerprint density at radius 2 is 1.66 bits per heavy atom. The predicted octanol–water partition coefficient (Wildman–Crippen LogP) is 4.18. The number of benzene rings is 2. The Kier molecular flexibility index (Phi) is 6.74. The summed E-state index contributed by atoms with van der Waals surface area (Å²) in [6, 6.07) is 9.82. The molecule has 8 heteroatoms. The molecule has 1 saturated heterocycles. The molecule has 0 aromatic heterocycles. The van der Waals surface area contributed by atoms with Crippen LogP contribution in [0.25, 0.3) is 0 Å². The van der Waals surface area contributed by atoms with Gasteiger partial charge in [-0.25, -0.2) is 0 Å². The SMILES string of the molecule is COc1cccc(CCOc2cccc(N3CCOCC3)c2C(F)(F)F)c1OC. The molecule has 0 saturated carbocycles. The van der Waals surface area contributed by atoms with Crippen molar-refractivity contribution in [3.05, 3.63) is 47.5 Å². The average molecular weight is 411 g/mol. The van der Waals surface area contributed by atoms with Crippen molar-refractivity contribution in [1.82, 2.24) is 0 Å². The van der Waals surface area contributed by atoms with Gasteiger partial charge in [0.05, 0.1) is 39.7 Å². The molecule has 0 aliphatic carbocycles. The van der Waals surface area contributed by atoms with Crippen LogP contribution in [0.1, 0.15) is 11.1 Å². The molecule has 0 amide bonds. The second kappa shape index (κ2) is 9.26. The second-order valence-corrected chi connectivity index (χ2v) is 6.50. The molecule has 2 aromatic rings. The Balaban J connectivity index is 1.81. The van der Waals surface area contributed by atoms with Gasteiger partial charge in [-0.15, -0.1) is 0 Å². The number of nitrogens with zero attached hydrogens (tertiary/aromatic N) is 1. The molecule has 0 radical (unpaired) electrons. The lowest BCUT2D eigenvalue weighted by molar-refractivity contribution is -0.138. The molecule has 1 aliphatic heterocycles. The van der Waals surface area contributed by atoms with Gasteiger partial charge < -0.3 is 23.8 Å². The lowest BCUT2D eigenvalue weighted by Crippen LogP contribution is -2.37. The van der Waals surface area contributed by atoms with Crippen LogP contribution in [0.3, 0.4) is 0 Å². The van der Waals surface area contributed by atoms with Gasteiger partial charge in [0.15, 0.2) is 11.5 Å². The summed E-state index contributed by atoms with van der Waals surface area (Å²) in [7, 11) is 3.06. The predicted molar refractivity (Wildman–Crippen MR) is 103 cm³/mol. The molecule has 158 valence electrons. The van der Waals surface area contributed by atoms with Gasteiger partial charge in [-0.05, 0) is 18.2 Å². The molecule has 1 fully saturated rings. The van der Waals surface area contributed by atoms with Gasteiger partial charge in [-0.1, -0.05) is 18.2 Å². The Morgan fingerprint density at radius 3 is 2.31 bits per heavy atom. The number of methoxy groups -OCH3 is 2. The van der Waals surface area contributed by atoms with Crippen LogP contribution in [-0.4, -0.2) is 47.1 Å². The third-order valence-corrected chi connectivity index (χ3v) is 4.75. The zero-order chi connectivity index (χ0) is 20.9. The van der Waals surface area contributed by atoms with Crippen LogP contribution in [0.2, 0.25) is 0 Å². The van der Waals surface area contributed by atoms with Gasteiger partial charge in [-0.2, -0.15) is 13.2 Å². The zero-order valence-electron chi connectivity index (χ0n) is 16.4. The van der Waals surface area contributed by atoms with Crippen molar-refractivity contribution in [3.63, 3.8) is 0 Å². The topological polar surface area (TPSA) is 40.2 Å². The monoisotopic (exact) mass is 411 g/mol. The second-order valence-electron chi connectivity index (χ2n) is 6.50. The molecular formula is C21H24F3NO4. The van der Waals surface area contributed by atoms with Crippen LogP contribution in [0.5, 0.6) is 17.2 Å². The van der Waals surface area contributed by atoms with E-state index in [4.69, 9.17) is 18.9 Å². The lowest BCUT2D eigenvalue weighted by atomic mass is 10.1. The summed E-state index contributed by atoms with van der Waals surface area (Å²) < 4.78 is 63.0. The van der Waals surface area contributed by atoms with E-state index in [0.29, 0.717) is 44.2 Å². The van der Waals surface area contributed by atoms with Crippen molar-refractivity contribution in [2.75, 3.05) is 52.0 Å². The van der Waals surface area contributed by atoms with Gasteiger partial charge in [0.1, 0.15) is 11.3 Å². The fraction of sp³-hybridized carbons (Fsp3) is 0.429. The van der Waals surface area contributed by atoms with E-state index in [9.17, 15) is 13.2 Å². The normalized spacial score (nSPS) is 14.6. The highest BCUT2D eigenvalue weighted by Gasteiger charge is 2.39. The van der Waals surface area contributed by atoms with Gasteiger partial charge in [0.2, 0.25) is 0 Å². The molecule has 5 nitrogen and oxygen atoms in total. The Morgan fingerprint density at radius 1 is 0.966 bits per heavy atom. The third-order valence-electron chi connectivity index (χ3n) is 4.75. The molecule has 2 aromatic carbocycles. The maximum Gasteiger partial charge on any atom is 0.421 e.